The van der Waals surface area contributed by atoms with E-state index in [1.165, 1.54) is 12.1 Å². The number of hydrazine groups is 3. The molecule has 0 spiro atoms. The molecule has 23 heavy (non-hydrogen) atoms. The minimum Gasteiger partial charge on any atom is -0.326 e. The maximum absolute atomic E-state index is 12.8. The summed E-state index contributed by atoms with van der Waals surface area (Å²) in [5, 5.41) is 2.88. The van der Waals surface area contributed by atoms with Gasteiger partial charge in [0, 0.05) is 12.1 Å². The van der Waals surface area contributed by atoms with Crippen molar-refractivity contribution in [2.24, 2.45) is 0 Å². The van der Waals surface area contributed by atoms with Gasteiger partial charge in [-0.15, -0.1) is 0 Å². The molecule has 7 heteroatoms. The summed E-state index contributed by atoms with van der Waals surface area (Å²) in [4.78, 5) is 12.0. The molecule has 1 amide bonds. The molecule has 1 heterocycles. The Bertz CT molecular complexity index is 670. The normalized spacial score (nSPS) is 14.8. The van der Waals surface area contributed by atoms with E-state index in [0.717, 1.165) is 16.8 Å². The second-order valence-corrected chi connectivity index (χ2v) is 5.27. The minimum atomic E-state index is -0.270. The fourth-order valence-corrected chi connectivity index (χ4v) is 2.35. The Morgan fingerprint density at radius 1 is 1.09 bits per heavy atom. The summed E-state index contributed by atoms with van der Waals surface area (Å²) in [6.07, 6.45) is 0.843. The topological polar surface area (TPSA) is 77.2 Å². The predicted molar refractivity (Wildman–Crippen MR) is 85.1 cm³/mol. The molecule has 0 atom stereocenters. The molecule has 120 valence electrons. The van der Waals surface area contributed by atoms with Gasteiger partial charge in [-0.2, -0.15) is 11.1 Å². The summed E-state index contributed by atoms with van der Waals surface area (Å²) in [6, 6.07) is 13.8. The van der Waals surface area contributed by atoms with Crippen LogP contribution in [0.15, 0.2) is 48.5 Å². The first-order valence-corrected chi connectivity index (χ1v) is 7.36. The van der Waals surface area contributed by atoms with E-state index >= 15 is 0 Å². The fourth-order valence-electron chi connectivity index (χ4n) is 2.35. The number of carbonyl (C=O) groups is 1. The standard InChI is InChI=1S/C16H18FN5O/c17-13-7-4-11(5-8-13)6-9-15(23)18-14-3-1-2-12(10-14)16-19-21-22-20-16/h1-5,7-8,10,16,19-22H,6,9H2,(H,18,23). The lowest BCUT2D eigenvalue weighted by molar-refractivity contribution is -0.116. The highest BCUT2D eigenvalue weighted by atomic mass is 19.1. The van der Waals surface area contributed by atoms with Crippen LogP contribution in [-0.2, 0) is 11.2 Å². The first-order valence-electron chi connectivity index (χ1n) is 7.36. The third-order valence-corrected chi connectivity index (χ3v) is 3.55. The van der Waals surface area contributed by atoms with Crippen LogP contribution in [0.25, 0.3) is 0 Å². The minimum absolute atomic E-state index is 0.0740. The van der Waals surface area contributed by atoms with Crippen molar-refractivity contribution in [1.82, 2.24) is 21.9 Å². The van der Waals surface area contributed by atoms with Gasteiger partial charge in [0.2, 0.25) is 5.91 Å². The fraction of sp³-hybridized carbons (Fsp3) is 0.188. The molecule has 2 aromatic carbocycles. The lowest BCUT2D eigenvalue weighted by atomic mass is 10.1. The van der Waals surface area contributed by atoms with Crippen LogP contribution in [0.4, 0.5) is 10.1 Å². The number of aryl methyl sites for hydroxylation is 1. The van der Waals surface area contributed by atoms with Crippen molar-refractivity contribution >= 4 is 11.6 Å². The van der Waals surface area contributed by atoms with Crippen LogP contribution >= 0.6 is 0 Å². The lowest BCUT2D eigenvalue weighted by Gasteiger charge is -2.11. The summed E-state index contributed by atoms with van der Waals surface area (Å²) < 4.78 is 12.8. The molecule has 0 unspecified atom stereocenters. The molecule has 6 nitrogen and oxygen atoms in total. The smallest absolute Gasteiger partial charge is 0.224 e. The Balaban J connectivity index is 1.55. The van der Waals surface area contributed by atoms with Crippen molar-refractivity contribution in [3.05, 3.63) is 65.5 Å². The zero-order valence-electron chi connectivity index (χ0n) is 12.4. The molecule has 3 rings (SSSR count). The van der Waals surface area contributed by atoms with Gasteiger partial charge in [-0.1, -0.05) is 24.3 Å². The molecular weight excluding hydrogens is 297 g/mol. The third-order valence-electron chi connectivity index (χ3n) is 3.55. The van der Waals surface area contributed by atoms with E-state index in [4.69, 9.17) is 0 Å². The van der Waals surface area contributed by atoms with E-state index in [-0.39, 0.29) is 17.9 Å². The van der Waals surface area contributed by atoms with Gasteiger partial charge >= 0.3 is 0 Å². The Morgan fingerprint density at radius 3 is 2.57 bits per heavy atom. The maximum Gasteiger partial charge on any atom is 0.224 e. The Morgan fingerprint density at radius 2 is 1.83 bits per heavy atom. The number of hydrogen-bond acceptors (Lipinski definition) is 5. The number of anilines is 1. The van der Waals surface area contributed by atoms with Crippen LogP contribution in [0, 0.1) is 5.82 Å². The van der Waals surface area contributed by atoms with Crippen LogP contribution < -0.4 is 27.2 Å². The first-order chi connectivity index (χ1) is 11.2. The van der Waals surface area contributed by atoms with Crippen LogP contribution in [0.3, 0.4) is 0 Å². The third kappa shape index (κ3) is 4.33. The van der Waals surface area contributed by atoms with Crippen molar-refractivity contribution in [3.63, 3.8) is 0 Å². The van der Waals surface area contributed by atoms with Gasteiger partial charge in [0.15, 0.2) is 0 Å². The van der Waals surface area contributed by atoms with Gasteiger partial charge in [-0.05, 0) is 41.8 Å². The van der Waals surface area contributed by atoms with Crippen LogP contribution in [0.5, 0.6) is 0 Å². The summed E-state index contributed by atoms with van der Waals surface area (Å²) >= 11 is 0. The van der Waals surface area contributed by atoms with Crippen LogP contribution in [0.1, 0.15) is 23.7 Å². The number of halogens is 1. The molecule has 0 saturated carbocycles. The van der Waals surface area contributed by atoms with Crippen molar-refractivity contribution in [1.29, 1.82) is 0 Å². The Hall–Kier alpha value is -2.32. The molecule has 5 N–H and O–H groups in total. The zero-order chi connectivity index (χ0) is 16.1. The van der Waals surface area contributed by atoms with E-state index in [2.05, 4.69) is 27.2 Å². The summed E-state index contributed by atoms with van der Waals surface area (Å²) in [5.74, 6) is -0.344. The number of hydrogen-bond donors (Lipinski definition) is 5. The molecule has 1 saturated heterocycles. The van der Waals surface area contributed by atoms with E-state index in [1.54, 1.807) is 12.1 Å². The quantitative estimate of drug-likeness (QED) is 0.578. The number of rotatable bonds is 5. The average molecular weight is 315 g/mol. The highest BCUT2D eigenvalue weighted by Gasteiger charge is 2.15. The molecule has 1 aliphatic heterocycles. The van der Waals surface area contributed by atoms with Gasteiger partial charge in [0.05, 0.1) is 0 Å². The van der Waals surface area contributed by atoms with Crippen molar-refractivity contribution < 1.29 is 9.18 Å². The van der Waals surface area contributed by atoms with Crippen molar-refractivity contribution in [3.8, 4) is 0 Å². The van der Waals surface area contributed by atoms with Crippen molar-refractivity contribution in [2.75, 3.05) is 5.32 Å². The van der Waals surface area contributed by atoms with Gasteiger partial charge in [-0.3, -0.25) is 4.79 Å². The highest BCUT2D eigenvalue weighted by molar-refractivity contribution is 5.90. The Kier molecular flexibility index (Phi) is 4.94. The number of benzene rings is 2. The van der Waals surface area contributed by atoms with E-state index in [1.807, 2.05) is 24.3 Å². The second kappa shape index (κ2) is 7.30. The average Bonchev–Trinajstić information content (AvgIpc) is 3.09. The van der Waals surface area contributed by atoms with Gasteiger partial charge in [-0.25, -0.2) is 15.2 Å². The number of amides is 1. The number of nitrogens with one attached hydrogen (secondary N) is 5. The molecule has 1 fully saturated rings. The monoisotopic (exact) mass is 315 g/mol. The molecule has 0 aromatic heterocycles. The molecule has 2 aromatic rings. The summed E-state index contributed by atoms with van der Waals surface area (Å²) in [5.41, 5.74) is 14.1. The van der Waals surface area contributed by atoms with Crippen LogP contribution in [-0.4, -0.2) is 5.91 Å². The molecule has 1 aliphatic rings. The van der Waals surface area contributed by atoms with Crippen LogP contribution in [0.2, 0.25) is 0 Å². The predicted octanol–water partition coefficient (Wildman–Crippen LogP) is 1.51. The summed E-state index contributed by atoms with van der Waals surface area (Å²) in [7, 11) is 0. The van der Waals surface area contributed by atoms with Crippen molar-refractivity contribution in [2.45, 2.75) is 19.0 Å². The van der Waals surface area contributed by atoms with E-state index in [0.29, 0.717) is 12.8 Å². The largest absolute Gasteiger partial charge is 0.326 e. The second-order valence-electron chi connectivity index (χ2n) is 5.27. The summed E-state index contributed by atoms with van der Waals surface area (Å²) in [6.45, 7) is 0. The lowest BCUT2D eigenvalue weighted by Crippen LogP contribution is -2.33. The van der Waals surface area contributed by atoms with Gasteiger partial charge in [0.25, 0.3) is 0 Å². The molecule has 0 bridgehead atoms. The maximum atomic E-state index is 12.8. The Labute approximate surface area is 133 Å². The first kappa shape index (κ1) is 15.6. The van der Waals surface area contributed by atoms with E-state index in [9.17, 15) is 9.18 Å². The SMILES string of the molecule is O=C(CCc1ccc(F)cc1)Nc1cccc(C2NNNN2)c1. The molecule has 0 aliphatic carbocycles. The highest BCUT2D eigenvalue weighted by Crippen LogP contribution is 2.16. The van der Waals surface area contributed by atoms with E-state index < -0.39 is 0 Å². The van der Waals surface area contributed by atoms with Gasteiger partial charge < -0.3 is 5.32 Å². The van der Waals surface area contributed by atoms with Gasteiger partial charge in [0.1, 0.15) is 12.0 Å². The number of carbonyl (C=O) groups excluding carboxylic acids is 1. The molecule has 0 radical (unpaired) electrons. The zero-order valence-corrected chi connectivity index (χ0v) is 12.4. The molecular formula is C16H18FN5O.